The Hall–Kier alpha value is -2.73. The highest BCUT2D eigenvalue weighted by Crippen LogP contribution is 2.45. The van der Waals surface area contributed by atoms with Crippen molar-refractivity contribution in [3.63, 3.8) is 0 Å². The summed E-state index contributed by atoms with van der Waals surface area (Å²) in [7, 11) is 0. The van der Waals surface area contributed by atoms with E-state index in [2.05, 4.69) is 0 Å². The molecule has 0 N–H and O–H groups in total. The molecule has 146 valence electrons. The molecule has 4 nitrogen and oxygen atoms in total. The molecule has 3 aromatic rings. The van der Waals surface area contributed by atoms with Crippen LogP contribution in [0.5, 0.6) is 5.75 Å². The van der Waals surface area contributed by atoms with Gasteiger partial charge in [0.05, 0.1) is 5.92 Å². The first-order valence-corrected chi connectivity index (χ1v) is 10.6. The average Bonchev–Trinajstić information content (AvgIpc) is 2.73. The van der Waals surface area contributed by atoms with Gasteiger partial charge in [0.2, 0.25) is 0 Å². The Bertz CT molecular complexity index is 1100. The fourth-order valence-electron chi connectivity index (χ4n) is 3.48. The summed E-state index contributed by atoms with van der Waals surface area (Å²) >= 11 is 3.89. The molecule has 4 rings (SSSR count). The van der Waals surface area contributed by atoms with Gasteiger partial charge in [-0.05, 0) is 29.3 Å². The molecule has 29 heavy (non-hydrogen) atoms. The molecule has 0 saturated carbocycles. The van der Waals surface area contributed by atoms with Crippen LogP contribution < -0.4 is 4.74 Å². The lowest BCUT2D eigenvalue weighted by Crippen LogP contribution is -2.15. The quantitative estimate of drug-likeness (QED) is 0.429. The molecule has 0 amide bonds. The maximum absolute atomic E-state index is 12.1. The van der Waals surface area contributed by atoms with E-state index in [0.29, 0.717) is 22.1 Å². The Morgan fingerprint density at radius 1 is 0.966 bits per heavy atom. The van der Waals surface area contributed by atoms with Crippen LogP contribution in [0.4, 0.5) is 0 Å². The van der Waals surface area contributed by atoms with Crippen LogP contribution in [0.15, 0.2) is 72.8 Å². The van der Waals surface area contributed by atoms with Crippen LogP contribution in [0.2, 0.25) is 5.02 Å². The predicted molar refractivity (Wildman–Crippen MR) is 113 cm³/mol. The number of allylic oxidation sites excluding steroid dienone is 1. The van der Waals surface area contributed by atoms with E-state index in [1.807, 2.05) is 48.5 Å². The number of fused-ring (bicyclic) bond motifs is 1. The normalized spacial score (nSPS) is 16.7. The lowest BCUT2D eigenvalue weighted by atomic mass is 9.83. The Labute approximate surface area is 176 Å². The molecule has 0 spiro atoms. The second kappa shape index (κ2) is 8.33. The molecule has 2 unspecified atom stereocenters. The Morgan fingerprint density at radius 2 is 1.62 bits per heavy atom. The van der Waals surface area contributed by atoms with Gasteiger partial charge < -0.3 is 14.1 Å². The van der Waals surface area contributed by atoms with Crippen LogP contribution in [0, 0.1) is 0 Å². The summed E-state index contributed by atoms with van der Waals surface area (Å²) in [5.74, 6) is 0.647. The third-order valence-electron chi connectivity index (χ3n) is 4.81. The Balaban J connectivity index is 1.88. The van der Waals surface area contributed by atoms with E-state index >= 15 is 0 Å². The fourth-order valence-corrected chi connectivity index (χ4v) is 4.07. The van der Waals surface area contributed by atoms with E-state index in [9.17, 15) is 13.6 Å². The van der Waals surface area contributed by atoms with E-state index in [-0.39, 0.29) is 5.75 Å². The number of carbonyl (C=O) groups excluding carboxylic acids is 1. The monoisotopic (exact) mass is 423 g/mol. The summed E-state index contributed by atoms with van der Waals surface area (Å²) < 4.78 is 28.1. The average molecular weight is 424 g/mol. The minimum Gasteiger partial charge on any atom is -0.772 e. The Kier molecular flexibility index (Phi) is 5.62. The maximum atomic E-state index is 12.1. The third-order valence-corrected chi connectivity index (χ3v) is 5.63. The number of hydrogen-bond donors (Lipinski definition) is 0. The van der Waals surface area contributed by atoms with Gasteiger partial charge in [-0.2, -0.15) is 0 Å². The molecule has 1 aliphatic rings. The minimum atomic E-state index is -2.16. The number of hydrogen-bond acceptors (Lipinski definition) is 4. The Morgan fingerprint density at radius 3 is 2.28 bits per heavy atom. The van der Waals surface area contributed by atoms with Crippen molar-refractivity contribution in [3.8, 4) is 5.75 Å². The van der Waals surface area contributed by atoms with Crippen molar-refractivity contribution in [2.45, 2.75) is 11.7 Å². The molecule has 2 atom stereocenters. The molecular formula is C23H16ClO4S-. The molecule has 0 aromatic heterocycles. The summed E-state index contributed by atoms with van der Waals surface area (Å²) in [6, 6.07) is 21.8. The molecular weight excluding hydrogens is 408 g/mol. The number of rotatable bonds is 5. The standard InChI is InChI=1S/C23H17ClO4S/c24-18-11-9-16(10-12-18)22-20(13-25)19-3-1-2-4-21(19)28-23(22)17-7-5-15(6-8-17)14-29(26)27/h1-13,20H,14H2,(H,26,27)/p-1. The first kappa shape index (κ1) is 19.6. The first-order chi connectivity index (χ1) is 14.1. The SMILES string of the molecule is O=CC1C(c2ccc(Cl)cc2)=C(c2ccc(CS(=O)[O-])cc2)Oc2ccccc21. The minimum absolute atomic E-state index is 0.0516. The molecule has 0 saturated heterocycles. The van der Waals surface area contributed by atoms with E-state index in [1.165, 1.54) is 0 Å². The summed E-state index contributed by atoms with van der Waals surface area (Å²) in [6.45, 7) is 0. The van der Waals surface area contributed by atoms with Crippen LogP contribution in [-0.4, -0.2) is 15.0 Å². The second-order valence-electron chi connectivity index (χ2n) is 6.65. The van der Waals surface area contributed by atoms with Gasteiger partial charge >= 0.3 is 0 Å². The van der Waals surface area contributed by atoms with Crippen LogP contribution >= 0.6 is 11.6 Å². The zero-order valence-corrected chi connectivity index (χ0v) is 16.8. The van der Waals surface area contributed by atoms with E-state index in [1.54, 1.807) is 24.3 Å². The first-order valence-electron chi connectivity index (χ1n) is 8.94. The van der Waals surface area contributed by atoms with Crippen LogP contribution in [-0.2, 0) is 21.6 Å². The van der Waals surface area contributed by atoms with E-state index < -0.39 is 17.0 Å². The van der Waals surface area contributed by atoms with Gasteiger partial charge in [-0.15, -0.1) is 0 Å². The number of para-hydroxylation sites is 1. The van der Waals surface area contributed by atoms with Crippen molar-refractivity contribution in [2.24, 2.45) is 0 Å². The largest absolute Gasteiger partial charge is 0.772 e. The molecule has 1 heterocycles. The van der Waals surface area contributed by atoms with Crippen molar-refractivity contribution >= 4 is 40.3 Å². The van der Waals surface area contributed by atoms with Crippen molar-refractivity contribution in [3.05, 3.63) is 100 Å². The molecule has 3 aromatic carbocycles. The molecule has 6 heteroatoms. The van der Waals surface area contributed by atoms with Crippen molar-refractivity contribution in [1.29, 1.82) is 0 Å². The zero-order valence-electron chi connectivity index (χ0n) is 15.2. The van der Waals surface area contributed by atoms with Crippen molar-refractivity contribution in [1.82, 2.24) is 0 Å². The van der Waals surface area contributed by atoms with Gasteiger partial charge in [-0.1, -0.05) is 77.3 Å². The summed E-state index contributed by atoms with van der Waals surface area (Å²) in [5.41, 5.74) is 3.82. The van der Waals surface area contributed by atoms with E-state index in [0.717, 1.165) is 28.5 Å². The highest BCUT2D eigenvalue weighted by atomic mass is 35.5. The number of aldehydes is 1. The summed E-state index contributed by atoms with van der Waals surface area (Å²) in [5, 5.41) is 0.602. The van der Waals surface area contributed by atoms with Gasteiger partial charge in [-0.25, -0.2) is 0 Å². The van der Waals surface area contributed by atoms with Gasteiger partial charge in [0.1, 0.15) is 17.8 Å². The molecule has 0 radical (unpaired) electrons. The highest BCUT2D eigenvalue weighted by molar-refractivity contribution is 7.78. The van der Waals surface area contributed by atoms with Crippen LogP contribution in [0.3, 0.4) is 0 Å². The third kappa shape index (κ3) is 4.03. The number of ether oxygens (including phenoxy) is 1. The molecule has 0 fully saturated rings. The van der Waals surface area contributed by atoms with Gasteiger partial charge in [0.15, 0.2) is 0 Å². The smallest absolute Gasteiger partial charge is 0.139 e. The van der Waals surface area contributed by atoms with Crippen molar-refractivity contribution < 1.29 is 18.3 Å². The maximum Gasteiger partial charge on any atom is 0.139 e. The van der Waals surface area contributed by atoms with Crippen LogP contribution in [0.1, 0.15) is 28.2 Å². The number of halogens is 1. The fraction of sp³-hybridized carbons (Fsp3) is 0.0870. The van der Waals surface area contributed by atoms with Crippen molar-refractivity contribution in [2.75, 3.05) is 0 Å². The van der Waals surface area contributed by atoms with E-state index in [4.69, 9.17) is 16.3 Å². The predicted octanol–water partition coefficient (Wildman–Crippen LogP) is 4.96. The topological polar surface area (TPSA) is 66.4 Å². The van der Waals surface area contributed by atoms with Gasteiger partial charge in [-0.3, -0.25) is 4.21 Å². The number of benzene rings is 3. The lowest BCUT2D eigenvalue weighted by Gasteiger charge is -2.28. The molecule has 1 aliphatic heterocycles. The zero-order chi connectivity index (χ0) is 20.4. The van der Waals surface area contributed by atoms with Gasteiger partial charge in [0.25, 0.3) is 0 Å². The highest BCUT2D eigenvalue weighted by Gasteiger charge is 2.31. The second-order valence-corrected chi connectivity index (χ2v) is 7.98. The summed E-state index contributed by atoms with van der Waals surface area (Å²) in [4.78, 5) is 12.1. The summed E-state index contributed by atoms with van der Waals surface area (Å²) in [6.07, 6.45) is 0.917. The lowest BCUT2D eigenvalue weighted by molar-refractivity contribution is -0.108. The number of carbonyl (C=O) groups is 1. The molecule has 0 aliphatic carbocycles. The van der Waals surface area contributed by atoms with Gasteiger partial charge in [0, 0.05) is 27.5 Å². The van der Waals surface area contributed by atoms with Crippen LogP contribution in [0.25, 0.3) is 11.3 Å². The molecule has 0 bridgehead atoms.